The van der Waals surface area contributed by atoms with Gasteiger partial charge in [-0.25, -0.2) is 0 Å². The highest BCUT2D eigenvalue weighted by Crippen LogP contribution is 2.52. The van der Waals surface area contributed by atoms with Crippen LogP contribution in [-0.2, 0) is 19.2 Å². The van der Waals surface area contributed by atoms with Gasteiger partial charge in [0.15, 0.2) is 0 Å². The molecule has 4 aliphatic rings. The maximum absolute atomic E-state index is 12.5. The first kappa shape index (κ1) is 11.6. The number of allylic oxidation sites excluding steroid dienone is 1. The van der Waals surface area contributed by atoms with E-state index in [-0.39, 0.29) is 30.6 Å². The van der Waals surface area contributed by atoms with E-state index >= 15 is 0 Å². The fourth-order valence-electron chi connectivity index (χ4n) is 3.29. The Balaban J connectivity index is 1.67. The highest BCUT2D eigenvalue weighted by Gasteiger charge is 2.53. The maximum atomic E-state index is 12.5. The molecule has 1 N–H and O–H groups in total. The Morgan fingerprint density at radius 1 is 1.15 bits per heavy atom. The normalized spacial score (nSPS) is 35.2. The van der Waals surface area contributed by atoms with Crippen molar-refractivity contribution in [3.63, 3.8) is 0 Å². The number of amides is 4. The molecule has 0 aromatic rings. The molecule has 6 nitrogen and oxygen atoms in total. The molecule has 0 radical (unpaired) electrons. The predicted octanol–water partition coefficient (Wildman–Crippen LogP) is -0.337. The summed E-state index contributed by atoms with van der Waals surface area (Å²) >= 11 is 0. The minimum Gasteiger partial charge on any atom is -0.295 e. The number of rotatable bonds is 1. The minimum absolute atomic E-state index is 0.143. The fraction of sp³-hybridized carbons (Fsp3) is 0.429. The van der Waals surface area contributed by atoms with Crippen molar-refractivity contribution in [1.29, 1.82) is 0 Å². The van der Waals surface area contributed by atoms with Gasteiger partial charge in [0.1, 0.15) is 6.04 Å². The summed E-state index contributed by atoms with van der Waals surface area (Å²) in [4.78, 5) is 48.9. The quantitative estimate of drug-likeness (QED) is 0.662. The first-order chi connectivity index (χ1) is 9.58. The summed E-state index contributed by atoms with van der Waals surface area (Å²) in [6, 6.07) is -0.858. The minimum atomic E-state index is -0.858. The molecule has 3 unspecified atom stereocenters. The van der Waals surface area contributed by atoms with Crippen molar-refractivity contribution in [1.82, 2.24) is 10.2 Å². The van der Waals surface area contributed by atoms with E-state index in [0.717, 1.165) is 11.3 Å². The van der Waals surface area contributed by atoms with Gasteiger partial charge in [-0.1, -0.05) is 12.2 Å². The molecule has 102 valence electrons. The first-order valence-corrected chi connectivity index (χ1v) is 6.72. The molecule has 3 atom stereocenters. The predicted molar refractivity (Wildman–Crippen MR) is 65.8 cm³/mol. The van der Waals surface area contributed by atoms with Crippen LogP contribution in [0.25, 0.3) is 0 Å². The van der Waals surface area contributed by atoms with E-state index in [9.17, 15) is 19.2 Å². The summed E-state index contributed by atoms with van der Waals surface area (Å²) < 4.78 is 0. The van der Waals surface area contributed by atoms with Crippen molar-refractivity contribution in [3.8, 4) is 0 Å². The summed E-state index contributed by atoms with van der Waals surface area (Å²) in [5, 5.41) is 2.19. The second-order valence-corrected chi connectivity index (χ2v) is 5.64. The lowest BCUT2D eigenvalue weighted by Crippen LogP contribution is -2.54. The Morgan fingerprint density at radius 3 is 2.70 bits per heavy atom. The number of carbonyl (C=O) groups is 4. The topological polar surface area (TPSA) is 83.6 Å². The third-order valence-corrected chi connectivity index (χ3v) is 4.43. The Bertz CT molecular complexity index is 646. The highest BCUT2D eigenvalue weighted by molar-refractivity contribution is 6.23. The average Bonchev–Trinajstić information content (AvgIpc) is 3.14. The summed E-state index contributed by atoms with van der Waals surface area (Å²) in [7, 11) is 0. The van der Waals surface area contributed by atoms with Gasteiger partial charge in [0.05, 0.1) is 0 Å². The molecule has 2 aliphatic heterocycles. The van der Waals surface area contributed by atoms with Crippen LogP contribution >= 0.6 is 0 Å². The lowest BCUT2D eigenvalue weighted by molar-refractivity contribution is -0.150. The van der Waals surface area contributed by atoms with Crippen LogP contribution in [0.3, 0.4) is 0 Å². The molecule has 0 bridgehead atoms. The van der Waals surface area contributed by atoms with Gasteiger partial charge in [0.25, 0.3) is 11.8 Å². The van der Waals surface area contributed by atoms with Crippen molar-refractivity contribution >= 4 is 23.6 Å². The van der Waals surface area contributed by atoms with E-state index < -0.39 is 17.9 Å². The summed E-state index contributed by atoms with van der Waals surface area (Å²) in [6.07, 6.45) is 4.93. The monoisotopic (exact) mass is 272 g/mol. The van der Waals surface area contributed by atoms with Gasteiger partial charge in [-0.15, -0.1) is 0 Å². The van der Waals surface area contributed by atoms with Gasteiger partial charge >= 0.3 is 0 Å². The zero-order valence-electron chi connectivity index (χ0n) is 10.6. The Hall–Kier alpha value is -2.24. The SMILES string of the molecule is O=C1CCC(N2C(=O)C3=C(C2=O)C2CC2C=C3)C(=O)N1. The second kappa shape index (κ2) is 3.65. The summed E-state index contributed by atoms with van der Waals surface area (Å²) in [5.41, 5.74) is 0.991. The van der Waals surface area contributed by atoms with Crippen molar-refractivity contribution in [2.75, 3.05) is 0 Å². The Morgan fingerprint density at radius 2 is 1.95 bits per heavy atom. The fourth-order valence-corrected chi connectivity index (χ4v) is 3.29. The highest BCUT2D eigenvalue weighted by atomic mass is 16.2. The van der Waals surface area contributed by atoms with Crippen LogP contribution in [-0.4, -0.2) is 34.6 Å². The van der Waals surface area contributed by atoms with Crippen LogP contribution in [0.4, 0.5) is 0 Å². The third-order valence-electron chi connectivity index (χ3n) is 4.43. The Labute approximate surface area is 114 Å². The number of hydrogen-bond donors (Lipinski definition) is 1. The van der Waals surface area contributed by atoms with Gasteiger partial charge in [-0.3, -0.25) is 29.4 Å². The summed E-state index contributed by atoms with van der Waals surface area (Å²) in [5.74, 6) is -1.15. The van der Waals surface area contributed by atoms with Gasteiger partial charge in [0, 0.05) is 17.6 Å². The van der Waals surface area contributed by atoms with Crippen LogP contribution in [0.15, 0.2) is 23.3 Å². The van der Waals surface area contributed by atoms with Crippen LogP contribution in [0.5, 0.6) is 0 Å². The number of imide groups is 2. The molecule has 0 spiro atoms. The van der Waals surface area contributed by atoms with E-state index in [1.54, 1.807) is 6.08 Å². The van der Waals surface area contributed by atoms with E-state index in [4.69, 9.17) is 0 Å². The molecule has 2 aliphatic carbocycles. The van der Waals surface area contributed by atoms with Crippen molar-refractivity contribution < 1.29 is 19.2 Å². The molecular formula is C14H12N2O4. The second-order valence-electron chi connectivity index (χ2n) is 5.64. The molecule has 20 heavy (non-hydrogen) atoms. The van der Waals surface area contributed by atoms with Crippen molar-refractivity contribution in [2.45, 2.75) is 25.3 Å². The molecule has 2 fully saturated rings. The maximum Gasteiger partial charge on any atom is 0.261 e. The van der Waals surface area contributed by atoms with Crippen LogP contribution in [0.1, 0.15) is 19.3 Å². The van der Waals surface area contributed by atoms with E-state index in [0.29, 0.717) is 17.1 Å². The average molecular weight is 272 g/mol. The smallest absolute Gasteiger partial charge is 0.261 e. The number of carbonyl (C=O) groups excluding carboxylic acids is 4. The number of hydrogen-bond acceptors (Lipinski definition) is 4. The molecule has 4 rings (SSSR count). The first-order valence-electron chi connectivity index (χ1n) is 6.72. The molecule has 4 amide bonds. The number of nitrogens with one attached hydrogen (secondary N) is 1. The lowest BCUT2D eigenvalue weighted by atomic mass is 9.99. The molecule has 0 aromatic carbocycles. The van der Waals surface area contributed by atoms with Gasteiger partial charge in [-0.05, 0) is 24.7 Å². The van der Waals surface area contributed by atoms with Gasteiger partial charge in [-0.2, -0.15) is 0 Å². The number of fused-ring (bicyclic) bond motifs is 2. The molecule has 6 heteroatoms. The van der Waals surface area contributed by atoms with E-state index in [1.165, 1.54) is 0 Å². The van der Waals surface area contributed by atoms with Crippen LogP contribution in [0, 0.1) is 11.8 Å². The molecule has 2 heterocycles. The van der Waals surface area contributed by atoms with Gasteiger partial charge < -0.3 is 0 Å². The van der Waals surface area contributed by atoms with Crippen molar-refractivity contribution in [2.24, 2.45) is 11.8 Å². The largest absolute Gasteiger partial charge is 0.295 e. The van der Waals surface area contributed by atoms with E-state index in [2.05, 4.69) is 5.32 Å². The number of piperidine rings is 1. The number of nitrogens with zero attached hydrogens (tertiary/aromatic N) is 1. The molecule has 1 saturated carbocycles. The van der Waals surface area contributed by atoms with Crippen LogP contribution in [0.2, 0.25) is 0 Å². The lowest BCUT2D eigenvalue weighted by Gasteiger charge is -2.28. The van der Waals surface area contributed by atoms with Crippen LogP contribution < -0.4 is 5.32 Å². The zero-order chi connectivity index (χ0) is 14.0. The molecule has 1 saturated heterocycles. The molecule has 0 aromatic heterocycles. The van der Waals surface area contributed by atoms with E-state index in [1.807, 2.05) is 6.08 Å². The van der Waals surface area contributed by atoms with Gasteiger partial charge in [0.2, 0.25) is 11.8 Å². The van der Waals surface area contributed by atoms with Crippen molar-refractivity contribution in [3.05, 3.63) is 23.3 Å². The molecular weight excluding hydrogens is 260 g/mol. The Kier molecular flexibility index (Phi) is 2.11. The third kappa shape index (κ3) is 1.39. The summed E-state index contributed by atoms with van der Waals surface area (Å²) in [6.45, 7) is 0. The zero-order valence-corrected chi connectivity index (χ0v) is 10.6. The standard InChI is InChI=1S/C14H12N2O4/c17-10-4-3-9(12(18)15-10)16-13(19)7-2-1-6-5-8(6)11(7)14(16)20/h1-2,6,8-9H,3-5H2,(H,15,17,18).